The highest BCUT2D eigenvalue weighted by Crippen LogP contribution is 2.34. The van der Waals surface area contributed by atoms with Gasteiger partial charge in [-0.2, -0.15) is 0 Å². The lowest BCUT2D eigenvalue weighted by molar-refractivity contribution is -0.154. The van der Waals surface area contributed by atoms with Gasteiger partial charge in [0.2, 0.25) is 0 Å². The van der Waals surface area contributed by atoms with Crippen LogP contribution in [-0.4, -0.2) is 60.9 Å². The normalized spacial score (nSPS) is 21.3. The van der Waals surface area contributed by atoms with E-state index in [1.165, 1.54) is 26.6 Å². The number of ether oxygens (including phenoxy) is 2. The summed E-state index contributed by atoms with van der Waals surface area (Å²) >= 11 is 0. The number of carbonyl (C=O) groups excluding carboxylic acids is 1. The first kappa shape index (κ1) is 15.2. The van der Waals surface area contributed by atoms with Crippen LogP contribution >= 0.6 is 0 Å². The van der Waals surface area contributed by atoms with E-state index in [4.69, 9.17) is 14.6 Å². The van der Waals surface area contributed by atoms with E-state index < -0.39 is 11.4 Å². The summed E-state index contributed by atoms with van der Waals surface area (Å²) in [6.45, 7) is 1.25. The van der Waals surface area contributed by atoms with Crippen LogP contribution in [-0.2, 0) is 14.3 Å². The van der Waals surface area contributed by atoms with E-state index in [2.05, 4.69) is 9.97 Å². The number of carboxylic acids is 1. The van der Waals surface area contributed by atoms with E-state index in [0.717, 1.165) is 0 Å². The summed E-state index contributed by atoms with van der Waals surface area (Å²) in [5.41, 5.74) is -0.842. The minimum atomic E-state index is -1.13. The lowest BCUT2D eigenvalue weighted by Gasteiger charge is -2.25. The fraction of sp³-hybridized carbons (Fsp3) is 0.538. The Labute approximate surface area is 121 Å². The molecular formula is C13H17N3O5. The Bertz CT molecular complexity index is 533. The second kappa shape index (κ2) is 6.04. The van der Waals surface area contributed by atoms with Gasteiger partial charge in [-0.25, -0.2) is 14.8 Å². The summed E-state index contributed by atoms with van der Waals surface area (Å²) in [7, 11) is 2.89. The van der Waals surface area contributed by atoms with Gasteiger partial charge in [0.15, 0.2) is 5.69 Å². The van der Waals surface area contributed by atoms with Crippen LogP contribution in [0.5, 0.6) is 0 Å². The molecule has 8 nitrogen and oxygen atoms in total. The Kier molecular flexibility index (Phi) is 4.37. The molecule has 2 heterocycles. The zero-order valence-electron chi connectivity index (χ0n) is 11.9. The lowest BCUT2D eigenvalue weighted by Crippen LogP contribution is -2.39. The molecule has 1 aromatic heterocycles. The van der Waals surface area contributed by atoms with Gasteiger partial charge in [0, 0.05) is 20.2 Å². The molecule has 1 unspecified atom stereocenters. The van der Waals surface area contributed by atoms with Gasteiger partial charge in [0.1, 0.15) is 11.2 Å². The highest BCUT2D eigenvalue weighted by Gasteiger charge is 2.46. The zero-order chi connectivity index (χ0) is 15.5. The summed E-state index contributed by atoms with van der Waals surface area (Å²) in [5, 5.41) is 8.80. The first-order valence-electron chi connectivity index (χ1n) is 6.40. The van der Waals surface area contributed by atoms with Gasteiger partial charge in [0.05, 0.1) is 26.1 Å². The maximum Gasteiger partial charge on any atom is 0.356 e. The SMILES string of the molecule is COCC1(C(=O)OC)CCN(c2cnc(C(=O)O)cn2)C1. The van der Waals surface area contributed by atoms with Crippen molar-refractivity contribution in [3.8, 4) is 0 Å². The summed E-state index contributed by atoms with van der Waals surface area (Å²) in [6, 6.07) is 0. The average molecular weight is 295 g/mol. The maximum atomic E-state index is 12.0. The molecule has 0 amide bonds. The van der Waals surface area contributed by atoms with Crippen molar-refractivity contribution in [1.29, 1.82) is 0 Å². The standard InChI is InChI=1S/C13H17N3O5/c1-20-8-13(12(19)21-2)3-4-16(7-13)10-6-14-9(5-15-10)11(17)18/h5-6H,3-4,7-8H2,1-2H3,(H,17,18). The van der Waals surface area contributed by atoms with Gasteiger partial charge in [-0.05, 0) is 6.42 Å². The predicted octanol–water partition coefficient (Wildman–Crippen LogP) is 0.191. The highest BCUT2D eigenvalue weighted by atomic mass is 16.5. The molecule has 1 N–H and O–H groups in total. The van der Waals surface area contributed by atoms with Crippen LogP contribution in [0.15, 0.2) is 12.4 Å². The van der Waals surface area contributed by atoms with Crippen molar-refractivity contribution in [2.45, 2.75) is 6.42 Å². The third kappa shape index (κ3) is 2.94. The molecular weight excluding hydrogens is 278 g/mol. The van der Waals surface area contributed by atoms with Crippen LogP contribution in [0.2, 0.25) is 0 Å². The molecule has 1 aromatic rings. The Balaban J connectivity index is 2.16. The molecule has 2 rings (SSSR count). The minimum absolute atomic E-state index is 0.117. The predicted molar refractivity (Wildman–Crippen MR) is 72.1 cm³/mol. The molecule has 21 heavy (non-hydrogen) atoms. The number of esters is 1. The van der Waals surface area contributed by atoms with E-state index in [9.17, 15) is 9.59 Å². The topological polar surface area (TPSA) is 102 Å². The Morgan fingerprint density at radius 3 is 2.67 bits per heavy atom. The van der Waals surface area contributed by atoms with Gasteiger partial charge in [-0.15, -0.1) is 0 Å². The van der Waals surface area contributed by atoms with Crippen LogP contribution in [0.1, 0.15) is 16.9 Å². The summed E-state index contributed by atoms with van der Waals surface area (Å²) < 4.78 is 10.0. The Morgan fingerprint density at radius 1 is 1.38 bits per heavy atom. The summed E-state index contributed by atoms with van der Waals surface area (Å²) in [6.07, 6.45) is 3.17. The van der Waals surface area contributed by atoms with Gasteiger partial charge < -0.3 is 19.5 Å². The Hall–Kier alpha value is -2.22. The van der Waals surface area contributed by atoms with E-state index in [0.29, 0.717) is 25.3 Å². The van der Waals surface area contributed by atoms with Crippen molar-refractivity contribution in [2.75, 3.05) is 38.8 Å². The molecule has 0 radical (unpaired) electrons. The number of methoxy groups -OCH3 is 2. The van der Waals surface area contributed by atoms with Crippen molar-refractivity contribution in [1.82, 2.24) is 9.97 Å². The molecule has 1 aliphatic rings. The quantitative estimate of drug-likeness (QED) is 0.768. The number of aromatic carboxylic acids is 1. The molecule has 0 saturated carbocycles. The van der Waals surface area contributed by atoms with Gasteiger partial charge >= 0.3 is 11.9 Å². The molecule has 0 bridgehead atoms. The minimum Gasteiger partial charge on any atom is -0.476 e. The molecule has 1 aliphatic heterocycles. The van der Waals surface area contributed by atoms with Crippen LogP contribution in [0.4, 0.5) is 5.82 Å². The number of rotatable bonds is 5. The van der Waals surface area contributed by atoms with Crippen LogP contribution in [0, 0.1) is 5.41 Å². The molecule has 0 aromatic carbocycles. The molecule has 114 valence electrons. The second-order valence-corrected chi connectivity index (χ2v) is 4.94. The average Bonchev–Trinajstić information content (AvgIpc) is 2.92. The van der Waals surface area contributed by atoms with Crippen molar-refractivity contribution in [3.05, 3.63) is 18.1 Å². The second-order valence-electron chi connectivity index (χ2n) is 4.94. The van der Waals surface area contributed by atoms with E-state index in [1.807, 2.05) is 4.90 Å². The highest BCUT2D eigenvalue weighted by molar-refractivity contribution is 5.85. The van der Waals surface area contributed by atoms with Crippen LogP contribution in [0.25, 0.3) is 0 Å². The summed E-state index contributed by atoms with van der Waals surface area (Å²) in [4.78, 5) is 32.5. The molecule has 0 aliphatic carbocycles. The molecule has 8 heteroatoms. The van der Waals surface area contributed by atoms with Crippen molar-refractivity contribution in [2.24, 2.45) is 5.41 Å². The number of carbonyl (C=O) groups is 2. The maximum absolute atomic E-state index is 12.0. The number of nitrogens with zero attached hydrogens (tertiary/aromatic N) is 3. The first-order chi connectivity index (χ1) is 10.0. The van der Waals surface area contributed by atoms with Gasteiger partial charge in [-0.3, -0.25) is 4.79 Å². The molecule has 1 fully saturated rings. The third-order valence-corrected chi connectivity index (χ3v) is 3.57. The fourth-order valence-corrected chi connectivity index (χ4v) is 2.50. The fourth-order valence-electron chi connectivity index (χ4n) is 2.50. The van der Waals surface area contributed by atoms with E-state index in [-0.39, 0.29) is 18.3 Å². The van der Waals surface area contributed by atoms with Crippen LogP contribution in [0.3, 0.4) is 0 Å². The number of aromatic nitrogens is 2. The van der Waals surface area contributed by atoms with Gasteiger partial charge in [0.25, 0.3) is 0 Å². The third-order valence-electron chi connectivity index (χ3n) is 3.57. The number of anilines is 1. The monoisotopic (exact) mass is 295 g/mol. The summed E-state index contributed by atoms with van der Waals surface area (Å²) in [5.74, 6) is -0.914. The molecule has 1 saturated heterocycles. The Morgan fingerprint density at radius 2 is 2.14 bits per heavy atom. The number of hydrogen-bond acceptors (Lipinski definition) is 7. The van der Waals surface area contributed by atoms with E-state index >= 15 is 0 Å². The molecule has 0 spiro atoms. The number of hydrogen-bond donors (Lipinski definition) is 1. The number of carboxylic acid groups (broad SMARTS) is 1. The lowest BCUT2D eigenvalue weighted by atomic mass is 9.88. The van der Waals surface area contributed by atoms with Crippen LogP contribution < -0.4 is 4.90 Å². The smallest absolute Gasteiger partial charge is 0.356 e. The first-order valence-corrected chi connectivity index (χ1v) is 6.40. The van der Waals surface area contributed by atoms with Crippen molar-refractivity contribution >= 4 is 17.8 Å². The van der Waals surface area contributed by atoms with Crippen molar-refractivity contribution in [3.63, 3.8) is 0 Å². The zero-order valence-corrected chi connectivity index (χ0v) is 11.9. The van der Waals surface area contributed by atoms with Crippen molar-refractivity contribution < 1.29 is 24.2 Å². The largest absolute Gasteiger partial charge is 0.476 e. The van der Waals surface area contributed by atoms with Gasteiger partial charge in [-0.1, -0.05) is 0 Å². The molecule has 1 atom stereocenters. The van der Waals surface area contributed by atoms with E-state index in [1.54, 1.807) is 0 Å².